The van der Waals surface area contributed by atoms with Crippen LogP contribution in [-0.2, 0) is 6.54 Å². The maximum Gasteiger partial charge on any atom is 0.334 e. The van der Waals surface area contributed by atoms with Crippen LogP contribution in [0.3, 0.4) is 0 Å². The fourth-order valence-corrected chi connectivity index (χ4v) is 2.77. The standard InChI is InChI=1S/C16H14Cl2N4O2.ClH/c1-19-8-9-3-2-4-10(5-9)20-15(23)22-14-7-12(18)11(17)6-13(14)21-16(22)24;/h2-7,19H,8H2,1H3,(H,20,23)(H,21,24);1H. The molecule has 25 heavy (non-hydrogen) atoms. The minimum absolute atomic E-state index is 0. The van der Waals surface area contributed by atoms with Gasteiger partial charge in [0, 0.05) is 12.2 Å². The molecule has 0 bridgehead atoms. The van der Waals surface area contributed by atoms with Crippen LogP contribution >= 0.6 is 35.6 Å². The molecular weight excluding hydrogens is 387 g/mol. The first kappa shape index (κ1) is 19.3. The normalized spacial score (nSPS) is 10.5. The van der Waals surface area contributed by atoms with Crippen LogP contribution < -0.4 is 16.3 Å². The Bertz CT molecular complexity index is 981. The minimum atomic E-state index is -0.578. The molecule has 0 saturated carbocycles. The number of carbonyl (C=O) groups excluding carboxylic acids is 1. The molecule has 9 heteroatoms. The average molecular weight is 402 g/mol. The van der Waals surface area contributed by atoms with Crippen LogP contribution in [0.15, 0.2) is 41.2 Å². The summed E-state index contributed by atoms with van der Waals surface area (Å²) in [6.45, 7) is 0.671. The van der Waals surface area contributed by atoms with Crippen molar-refractivity contribution in [3.05, 3.63) is 62.5 Å². The summed E-state index contributed by atoms with van der Waals surface area (Å²) >= 11 is 11.9. The zero-order chi connectivity index (χ0) is 17.3. The topological polar surface area (TPSA) is 78.9 Å². The number of nitrogens with one attached hydrogen (secondary N) is 3. The molecule has 1 heterocycles. The molecule has 1 aromatic heterocycles. The second-order valence-corrected chi connectivity index (χ2v) is 6.02. The molecule has 0 unspecified atom stereocenters. The zero-order valence-corrected chi connectivity index (χ0v) is 15.4. The molecule has 0 fully saturated rings. The van der Waals surface area contributed by atoms with Gasteiger partial charge in [0.2, 0.25) is 0 Å². The van der Waals surface area contributed by atoms with Gasteiger partial charge in [-0.05, 0) is 36.9 Å². The second-order valence-electron chi connectivity index (χ2n) is 5.21. The molecule has 3 N–H and O–H groups in total. The lowest BCUT2D eigenvalue weighted by molar-refractivity contribution is 0.253. The number of anilines is 1. The molecule has 0 aliphatic carbocycles. The molecule has 3 aromatic rings. The van der Waals surface area contributed by atoms with Crippen molar-refractivity contribution in [3.8, 4) is 0 Å². The first-order valence-corrected chi connectivity index (χ1v) is 7.90. The first-order chi connectivity index (χ1) is 11.5. The van der Waals surface area contributed by atoms with Gasteiger partial charge in [-0.1, -0.05) is 35.3 Å². The predicted octanol–water partition coefficient (Wildman–Crippen LogP) is 3.86. The summed E-state index contributed by atoms with van der Waals surface area (Å²) in [5, 5.41) is 6.32. The Balaban J connectivity index is 0.00000225. The smallest absolute Gasteiger partial charge is 0.316 e. The molecule has 0 spiro atoms. The monoisotopic (exact) mass is 400 g/mol. The van der Waals surface area contributed by atoms with E-state index in [0.717, 1.165) is 10.1 Å². The van der Waals surface area contributed by atoms with Gasteiger partial charge in [-0.3, -0.25) is 0 Å². The van der Waals surface area contributed by atoms with Crippen LogP contribution in [0, 0.1) is 0 Å². The fraction of sp³-hybridized carbons (Fsp3) is 0.125. The van der Waals surface area contributed by atoms with Crippen LogP contribution in [-0.4, -0.2) is 22.6 Å². The SMILES string of the molecule is CNCc1cccc(NC(=O)n2c(=O)[nH]c3cc(Cl)c(Cl)cc32)c1.Cl. The quantitative estimate of drug-likeness (QED) is 0.623. The summed E-state index contributed by atoms with van der Waals surface area (Å²) in [6, 6.07) is 9.76. The van der Waals surface area contributed by atoms with E-state index in [0.29, 0.717) is 28.3 Å². The molecule has 0 aliphatic heterocycles. The average Bonchev–Trinajstić information content (AvgIpc) is 2.83. The summed E-state index contributed by atoms with van der Waals surface area (Å²) in [5.41, 5.74) is 1.84. The third kappa shape index (κ3) is 3.99. The zero-order valence-electron chi connectivity index (χ0n) is 13.1. The van der Waals surface area contributed by atoms with E-state index >= 15 is 0 Å². The predicted molar refractivity (Wildman–Crippen MR) is 103 cm³/mol. The van der Waals surface area contributed by atoms with E-state index in [9.17, 15) is 9.59 Å². The van der Waals surface area contributed by atoms with Gasteiger partial charge in [0.05, 0.1) is 21.1 Å². The van der Waals surface area contributed by atoms with Gasteiger partial charge >= 0.3 is 11.7 Å². The molecule has 1 amide bonds. The second kappa shape index (κ2) is 7.93. The van der Waals surface area contributed by atoms with Crippen LogP contribution in [0.4, 0.5) is 10.5 Å². The lowest BCUT2D eigenvalue weighted by atomic mass is 10.2. The number of H-pyrrole nitrogens is 1. The van der Waals surface area contributed by atoms with Gasteiger partial charge in [0.1, 0.15) is 0 Å². The van der Waals surface area contributed by atoms with E-state index in [1.54, 1.807) is 6.07 Å². The fourth-order valence-electron chi connectivity index (χ4n) is 2.45. The van der Waals surface area contributed by atoms with Crippen LogP contribution in [0.5, 0.6) is 0 Å². The van der Waals surface area contributed by atoms with Gasteiger partial charge in [0.15, 0.2) is 0 Å². The van der Waals surface area contributed by atoms with E-state index in [2.05, 4.69) is 15.6 Å². The Morgan fingerprint density at radius 3 is 2.64 bits per heavy atom. The highest BCUT2D eigenvalue weighted by atomic mass is 35.5. The lowest BCUT2D eigenvalue weighted by Gasteiger charge is -2.08. The van der Waals surface area contributed by atoms with Crippen LogP contribution in [0.1, 0.15) is 5.56 Å². The number of benzene rings is 2. The molecule has 132 valence electrons. The number of hydrogen-bond donors (Lipinski definition) is 3. The first-order valence-electron chi connectivity index (χ1n) is 7.14. The van der Waals surface area contributed by atoms with Crippen molar-refractivity contribution in [1.29, 1.82) is 0 Å². The summed E-state index contributed by atoms with van der Waals surface area (Å²) in [6.07, 6.45) is 0. The number of aromatic nitrogens is 2. The number of aromatic amines is 1. The number of nitrogens with zero attached hydrogens (tertiary/aromatic N) is 1. The molecule has 0 saturated heterocycles. The number of halogens is 3. The number of rotatable bonds is 3. The molecule has 6 nitrogen and oxygen atoms in total. The van der Waals surface area contributed by atoms with Crippen molar-refractivity contribution in [2.24, 2.45) is 0 Å². The van der Waals surface area contributed by atoms with Gasteiger partial charge in [-0.15, -0.1) is 12.4 Å². The van der Waals surface area contributed by atoms with Gasteiger partial charge in [-0.25, -0.2) is 14.2 Å². The molecular formula is C16H15Cl3N4O2. The van der Waals surface area contributed by atoms with E-state index in [1.165, 1.54) is 12.1 Å². The Labute approximate surface area is 159 Å². The Hall–Kier alpha value is -1.99. The Morgan fingerprint density at radius 2 is 1.92 bits per heavy atom. The number of fused-ring (bicyclic) bond motifs is 1. The molecule has 0 atom stereocenters. The highest BCUT2D eigenvalue weighted by Crippen LogP contribution is 2.26. The van der Waals surface area contributed by atoms with Crippen molar-refractivity contribution in [2.45, 2.75) is 6.54 Å². The third-order valence-corrected chi connectivity index (χ3v) is 4.21. The summed E-state index contributed by atoms with van der Waals surface area (Å²) < 4.78 is 0.988. The highest BCUT2D eigenvalue weighted by Gasteiger charge is 2.16. The third-order valence-electron chi connectivity index (χ3n) is 3.49. The summed E-state index contributed by atoms with van der Waals surface area (Å²) in [4.78, 5) is 27.2. The number of imidazole rings is 1. The number of hydrogen-bond acceptors (Lipinski definition) is 3. The molecule has 0 radical (unpaired) electrons. The number of amides is 1. The number of carbonyl (C=O) groups is 1. The molecule has 2 aromatic carbocycles. The van der Waals surface area contributed by atoms with Gasteiger partial charge in [0.25, 0.3) is 0 Å². The maximum absolute atomic E-state index is 12.5. The van der Waals surface area contributed by atoms with Crippen molar-refractivity contribution in [2.75, 3.05) is 12.4 Å². The molecule has 3 rings (SSSR count). The Kier molecular flexibility index (Phi) is 6.13. The van der Waals surface area contributed by atoms with Crippen molar-refractivity contribution >= 4 is 58.4 Å². The lowest BCUT2D eigenvalue weighted by Crippen LogP contribution is -2.29. The van der Waals surface area contributed by atoms with E-state index in [4.69, 9.17) is 23.2 Å². The summed E-state index contributed by atoms with van der Waals surface area (Å²) in [7, 11) is 1.84. The summed E-state index contributed by atoms with van der Waals surface area (Å²) in [5.74, 6) is 0. The van der Waals surface area contributed by atoms with Gasteiger partial charge in [-0.2, -0.15) is 0 Å². The van der Waals surface area contributed by atoms with E-state index in [1.807, 2.05) is 25.2 Å². The van der Waals surface area contributed by atoms with Crippen LogP contribution in [0.25, 0.3) is 11.0 Å². The highest BCUT2D eigenvalue weighted by molar-refractivity contribution is 6.42. The van der Waals surface area contributed by atoms with Crippen LogP contribution in [0.2, 0.25) is 10.0 Å². The Morgan fingerprint density at radius 1 is 1.20 bits per heavy atom. The van der Waals surface area contributed by atoms with Crippen molar-refractivity contribution < 1.29 is 4.79 Å². The van der Waals surface area contributed by atoms with E-state index < -0.39 is 11.7 Å². The van der Waals surface area contributed by atoms with Crippen molar-refractivity contribution in [1.82, 2.24) is 14.9 Å². The minimum Gasteiger partial charge on any atom is -0.316 e. The maximum atomic E-state index is 12.5. The largest absolute Gasteiger partial charge is 0.334 e. The van der Waals surface area contributed by atoms with Gasteiger partial charge < -0.3 is 15.6 Å². The van der Waals surface area contributed by atoms with Crippen molar-refractivity contribution in [3.63, 3.8) is 0 Å². The molecule has 0 aliphatic rings. The van der Waals surface area contributed by atoms with E-state index in [-0.39, 0.29) is 17.4 Å².